The van der Waals surface area contributed by atoms with Crippen molar-refractivity contribution in [3.63, 3.8) is 0 Å². The second kappa shape index (κ2) is 5.44. The van der Waals surface area contributed by atoms with Gasteiger partial charge in [0.1, 0.15) is 0 Å². The minimum absolute atomic E-state index is 0.00750. The Bertz CT molecular complexity index is 653. The van der Waals surface area contributed by atoms with Crippen LogP contribution in [0, 0.1) is 11.8 Å². The number of amides is 1. The molecule has 4 nitrogen and oxygen atoms in total. The van der Waals surface area contributed by atoms with Crippen LogP contribution in [0.15, 0.2) is 24.3 Å². The van der Waals surface area contributed by atoms with Gasteiger partial charge in [0.05, 0.1) is 11.5 Å². The number of nitrogens with zero attached hydrogens (tertiary/aromatic N) is 1. The van der Waals surface area contributed by atoms with Crippen LogP contribution in [0.2, 0.25) is 0 Å². The fourth-order valence-electron chi connectivity index (χ4n) is 3.42. The fourth-order valence-corrected chi connectivity index (χ4v) is 5.28. The van der Waals surface area contributed by atoms with Gasteiger partial charge in [-0.1, -0.05) is 25.1 Å². The summed E-state index contributed by atoms with van der Waals surface area (Å²) < 4.78 is 23.0. The smallest absolute Gasteiger partial charge is 0.227 e. The molecule has 1 fully saturated rings. The van der Waals surface area contributed by atoms with E-state index in [0.717, 1.165) is 18.7 Å². The molecule has 2 aliphatic rings. The first-order chi connectivity index (χ1) is 9.94. The van der Waals surface area contributed by atoms with Gasteiger partial charge < -0.3 is 4.90 Å². The maximum atomic E-state index is 12.6. The van der Waals surface area contributed by atoms with E-state index in [4.69, 9.17) is 0 Å². The molecule has 0 N–H and O–H groups in total. The maximum Gasteiger partial charge on any atom is 0.227 e. The Kier molecular flexibility index (Phi) is 3.78. The molecular weight excluding hydrogens is 286 g/mol. The van der Waals surface area contributed by atoms with Crippen molar-refractivity contribution in [3.8, 4) is 0 Å². The minimum atomic E-state index is -2.91. The van der Waals surface area contributed by atoms with Crippen molar-refractivity contribution in [1.82, 2.24) is 0 Å². The largest absolute Gasteiger partial charge is 0.312 e. The molecule has 1 amide bonds. The number of carbonyl (C=O) groups excluding carboxylic acids is 1. The van der Waals surface area contributed by atoms with Gasteiger partial charge in [0.2, 0.25) is 5.91 Å². The SMILES string of the molecule is C[C@H]1Cc2ccccc2N(C(=O)C[C@@H]2CCS(=O)(=O)C2)C1. The molecule has 3 rings (SSSR count). The number of anilines is 1. The summed E-state index contributed by atoms with van der Waals surface area (Å²) in [6.07, 6.45) is 1.97. The van der Waals surface area contributed by atoms with Crippen LogP contribution in [-0.2, 0) is 21.1 Å². The van der Waals surface area contributed by atoms with E-state index >= 15 is 0 Å². The summed E-state index contributed by atoms with van der Waals surface area (Å²) in [6, 6.07) is 8.02. The van der Waals surface area contributed by atoms with Crippen molar-refractivity contribution in [2.75, 3.05) is 23.0 Å². The van der Waals surface area contributed by atoms with Crippen molar-refractivity contribution in [2.45, 2.75) is 26.2 Å². The second-order valence-corrected chi connectivity index (χ2v) is 8.64. The van der Waals surface area contributed by atoms with Gasteiger partial charge in [0, 0.05) is 18.7 Å². The van der Waals surface area contributed by atoms with Gasteiger partial charge in [0.25, 0.3) is 0 Å². The zero-order valence-electron chi connectivity index (χ0n) is 12.3. The molecule has 1 aromatic carbocycles. The Hall–Kier alpha value is -1.36. The molecule has 5 heteroatoms. The summed E-state index contributed by atoms with van der Waals surface area (Å²) in [5, 5.41) is 0. The molecular formula is C16H21NO3S. The van der Waals surface area contributed by atoms with E-state index in [1.807, 2.05) is 23.1 Å². The molecule has 0 saturated carbocycles. The van der Waals surface area contributed by atoms with Crippen LogP contribution < -0.4 is 4.90 Å². The zero-order chi connectivity index (χ0) is 15.0. The molecule has 0 spiro atoms. The Labute approximate surface area is 126 Å². The molecule has 114 valence electrons. The van der Waals surface area contributed by atoms with Crippen LogP contribution in [0.4, 0.5) is 5.69 Å². The van der Waals surface area contributed by atoms with E-state index in [0.29, 0.717) is 18.8 Å². The van der Waals surface area contributed by atoms with E-state index in [1.165, 1.54) is 5.56 Å². The van der Waals surface area contributed by atoms with Crippen LogP contribution in [0.25, 0.3) is 0 Å². The number of benzene rings is 1. The number of rotatable bonds is 2. The summed E-state index contributed by atoms with van der Waals surface area (Å²) in [7, 11) is -2.91. The number of fused-ring (bicyclic) bond motifs is 1. The van der Waals surface area contributed by atoms with E-state index in [9.17, 15) is 13.2 Å². The third-order valence-electron chi connectivity index (χ3n) is 4.44. The highest BCUT2D eigenvalue weighted by Crippen LogP contribution is 2.31. The van der Waals surface area contributed by atoms with Gasteiger partial charge in [-0.05, 0) is 36.3 Å². The lowest BCUT2D eigenvalue weighted by Gasteiger charge is -2.33. The van der Waals surface area contributed by atoms with Gasteiger partial charge >= 0.3 is 0 Å². The fraction of sp³-hybridized carbons (Fsp3) is 0.562. The van der Waals surface area contributed by atoms with Crippen molar-refractivity contribution in [3.05, 3.63) is 29.8 Å². The Morgan fingerprint density at radius 1 is 1.33 bits per heavy atom. The molecule has 2 atom stereocenters. The quantitative estimate of drug-likeness (QED) is 0.840. The predicted molar refractivity (Wildman–Crippen MR) is 83.0 cm³/mol. The summed E-state index contributed by atoms with van der Waals surface area (Å²) >= 11 is 0. The van der Waals surface area contributed by atoms with Gasteiger partial charge in [-0.15, -0.1) is 0 Å². The van der Waals surface area contributed by atoms with Crippen molar-refractivity contribution in [2.24, 2.45) is 11.8 Å². The number of hydrogen-bond acceptors (Lipinski definition) is 3. The van der Waals surface area contributed by atoms with Crippen molar-refractivity contribution >= 4 is 21.4 Å². The van der Waals surface area contributed by atoms with Crippen LogP contribution in [0.5, 0.6) is 0 Å². The monoisotopic (exact) mass is 307 g/mol. The highest BCUT2D eigenvalue weighted by molar-refractivity contribution is 7.91. The van der Waals surface area contributed by atoms with Crippen LogP contribution in [-0.4, -0.2) is 32.4 Å². The molecule has 2 aliphatic heterocycles. The topological polar surface area (TPSA) is 54.5 Å². The highest BCUT2D eigenvalue weighted by Gasteiger charge is 2.32. The predicted octanol–water partition coefficient (Wildman–Crippen LogP) is 2.04. The number of sulfone groups is 1. The average Bonchev–Trinajstić information content (AvgIpc) is 2.76. The van der Waals surface area contributed by atoms with Gasteiger partial charge in [-0.3, -0.25) is 4.79 Å². The second-order valence-electron chi connectivity index (χ2n) is 6.42. The first-order valence-corrected chi connectivity index (χ1v) is 9.35. The molecule has 1 saturated heterocycles. The summed E-state index contributed by atoms with van der Waals surface area (Å²) in [5.41, 5.74) is 2.21. The molecule has 0 aromatic heterocycles. The van der Waals surface area contributed by atoms with Gasteiger partial charge in [0.15, 0.2) is 9.84 Å². The van der Waals surface area contributed by atoms with Crippen LogP contribution >= 0.6 is 0 Å². The Balaban J connectivity index is 1.76. The minimum Gasteiger partial charge on any atom is -0.312 e. The van der Waals surface area contributed by atoms with E-state index in [2.05, 4.69) is 13.0 Å². The number of carbonyl (C=O) groups is 1. The molecule has 2 heterocycles. The first-order valence-electron chi connectivity index (χ1n) is 7.53. The first kappa shape index (κ1) is 14.6. The standard InChI is InChI=1S/C16H21NO3S/c1-12-8-14-4-2-3-5-15(14)17(10-12)16(18)9-13-6-7-21(19,20)11-13/h2-5,12-13H,6-11H2,1H3/t12-,13-/m0/s1. The summed E-state index contributed by atoms with van der Waals surface area (Å²) in [5.74, 6) is 0.904. The Morgan fingerprint density at radius 2 is 2.10 bits per heavy atom. The highest BCUT2D eigenvalue weighted by atomic mass is 32.2. The molecule has 0 aliphatic carbocycles. The summed E-state index contributed by atoms with van der Waals surface area (Å²) in [6.45, 7) is 2.88. The summed E-state index contributed by atoms with van der Waals surface area (Å²) in [4.78, 5) is 14.5. The maximum absolute atomic E-state index is 12.6. The third kappa shape index (κ3) is 3.12. The Morgan fingerprint density at radius 3 is 2.81 bits per heavy atom. The lowest BCUT2D eigenvalue weighted by Crippen LogP contribution is -2.40. The van der Waals surface area contributed by atoms with Gasteiger partial charge in [-0.25, -0.2) is 8.42 Å². The molecule has 0 bridgehead atoms. The average molecular weight is 307 g/mol. The van der Waals surface area contributed by atoms with E-state index in [1.54, 1.807) is 0 Å². The van der Waals surface area contributed by atoms with E-state index in [-0.39, 0.29) is 23.3 Å². The van der Waals surface area contributed by atoms with Crippen LogP contribution in [0.1, 0.15) is 25.3 Å². The van der Waals surface area contributed by atoms with Crippen molar-refractivity contribution < 1.29 is 13.2 Å². The molecule has 21 heavy (non-hydrogen) atoms. The third-order valence-corrected chi connectivity index (χ3v) is 6.27. The molecule has 0 radical (unpaired) electrons. The lowest BCUT2D eigenvalue weighted by molar-refractivity contribution is -0.119. The van der Waals surface area contributed by atoms with Crippen LogP contribution in [0.3, 0.4) is 0 Å². The number of hydrogen-bond donors (Lipinski definition) is 0. The molecule has 0 unspecified atom stereocenters. The molecule has 1 aromatic rings. The van der Waals surface area contributed by atoms with E-state index < -0.39 is 9.84 Å². The normalized spacial score (nSPS) is 27.4. The van der Waals surface area contributed by atoms with Crippen molar-refractivity contribution in [1.29, 1.82) is 0 Å². The van der Waals surface area contributed by atoms with Gasteiger partial charge in [-0.2, -0.15) is 0 Å². The lowest BCUT2D eigenvalue weighted by atomic mass is 9.93. The number of para-hydroxylation sites is 1. The zero-order valence-corrected chi connectivity index (χ0v) is 13.1.